The number of hydrogen-bond donors (Lipinski definition) is 0. The predicted molar refractivity (Wildman–Crippen MR) is 59.1 cm³/mol. The van der Waals surface area contributed by atoms with Crippen molar-refractivity contribution < 1.29 is 14.3 Å². The van der Waals surface area contributed by atoms with Crippen LogP contribution in [0.1, 0.15) is 20.7 Å². The Balaban J connectivity index is 2.57. The summed E-state index contributed by atoms with van der Waals surface area (Å²) in [5.74, 6) is -1.35. The first-order valence-electron chi connectivity index (χ1n) is 3.87. The van der Waals surface area contributed by atoms with Crippen molar-refractivity contribution in [3.05, 3.63) is 29.3 Å². The molecule has 0 bridgehead atoms. The second kappa shape index (κ2) is 3.49. The zero-order valence-electron chi connectivity index (χ0n) is 7.09. The van der Waals surface area contributed by atoms with Crippen molar-refractivity contribution in [1.82, 2.24) is 0 Å². The van der Waals surface area contributed by atoms with Gasteiger partial charge in [-0.15, -0.1) is 33.2 Å². The van der Waals surface area contributed by atoms with Gasteiger partial charge in [-0.2, -0.15) is 0 Å². The number of benzene rings is 1. The summed E-state index contributed by atoms with van der Waals surface area (Å²) < 4.78 is 4.41. The number of carbonyl (C=O) groups is 2. The Morgan fingerprint density at radius 2 is 1.60 bits per heavy atom. The highest BCUT2D eigenvalue weighted by Crippen LogP contribution is 2.24. The monoisotopic (exact) mass is 280 g/mol. The Kier molecular flexibility index (Phi) is 2.54. The fraction of sp³-hybridized carbons (Fsp3) is 0. The van der Waals surface area contributed by atoms with Crippen molar-refractivity contribution in [2.24, 2.45) is 0 Å². The average molecular weight is 282 g/mol. The van der Waals surface area contributed by atoms with Gasteiger partial charge in [0.2, 0.25) is 0 Å². The Bertz CT molecular complexity index is 467. The summed E-state index contributed by atoms with van der Waals surface area (Å²) in [5.41, 5.74) is 0.378. The fourth-order valence-electron chi connectivity index (χ4n) is 1.26. The molecule has 3 nitrogen and oxygen atoms in total. The van der Waals surface area contributed by atoms with Gasteiger partial charge in [-0.25, -0.2) is 9.59 Å². The molecule has 0 amide bonds. The molecule has 0 radical (unpaired) electrons. The van der Waals surface area contributed by atoms with Crippen molar-refractivity contribution in [3.63, 3.8) is 0 Å². The van der Waals surface area contributed by atoms with Crippen LogP contribution in [0.2, 0.25) is 0 Å². The van der Waals surface area contributed by atoms with Gasteiger partial charge in [0.05, 0.1) is 11.1 Å². The summed E-state index contributed by atoms with van der Waals surface area (Å²) in [5, 5.41) is 0.456. The summed E-state index contributed by atoms with van der Waals surface area (Å²) >= 11 is 17.3. The molecule has 0 unspecified atom stereocenters. The summed E-state index contributed by atoms with van der Waals surface area (Å²) in [6, 6.07) is 1.34. The Morgan fingerprint density at radius 1 is 1.00 bits per heavy atom. The standard InChI is InChI=1S/C8H3Cl3O3Si/c9-15(10,11)4-1-2-5-6(3-4)8(13)14-7(5)12/h1-3H. The molecule has 0 aliphatic carbocycles. The number of hydrogen-bond acceptors (Lipinski definition) is 3. The van der Waals surface area contributed by atoms with E-state index in [1.54, 1.807) is 0 Å². The summed E-state index contributed by atoms with van der Waals surface area (Å²) in [6.45, 7) is 0. The normalized spacial score (nSPS) is 15.1. The van der Waals surface area contributed by atoms with Crippen molar-refractivity contribution in [3.8, 4) is 0 Å². The lowest BCUT2D eigenvalue weighted by molar-refractivity contribution is 0.0444. The second-order valence-corrected chi connectivity index (χ2v) is 11.4. The molecular weight excluding hydrogens is 279 g/mol. The lowest BCUT2D eigenvalue weighted by atomic mass is 10.1. The molecule has 2 rings (SSSR count). The highest BCUT2D eigenvalue weighted by molar-refractivity contribution is 7.69. The van der Waals surface area contributed by atoms with Gasteiger partial charge >= 0.3 is 17.9 Å². The minimum atomic E-state index is -3.03. The van der Waals surface area contributed by atoms with Crippen molar-refractivity contribution in [2.45, 2.75) is 0 Å². The highest BCUT2D eigenvalue weighted by atomic mass is 35.8. The van der Waals surface area contributed by atoms with Gasteiger partial charge in [0.25, 0.3) is 0 Å². The number of ether oxygens (including phenoxy) is 1. The minimum Gasteiger partial charge on any atom is -0.386 e. The summed E-state index contributed by atoms with van der Waals surface area (Å²) in [6.07, 6.45) is 0. The fourth-order valence-corrected chi connectivity index (χ4v) is 2.90. The van der Waals surface area contributed by atoms with E-state index in [1.807, 2.05) is 0 Å². The molecule has 1 aliphatic rings. The third-order valence-corrected chi connectivity index (χ3v) is 4.90. The SMILES string of the molecule is O=C1OC(=O)c2cc([Si](Cl)(Cl)Cl)ccc21. The Morgan fingerprint density at radius 3 is 2.20 bits per heavy atom. The maximum absolute atomic E-state index is 11.2. The molecule has 0 aromatic heterocycles. The highest BCUT2D eigenvalue weighted by Gasteiger charge is 2.34. The summed E-state index contributed by atoms with van der Waals surface area (Å²) in [4.78, 5) is 22.3. The topological polar surface area (TPSA) is 43.4 Å². The number of rotatable bonds is 1. The van der Waals surface area contributed by atoms with Crippen LogP contribution in [0.25, 0.3) is 0 Å². The number of esters is 2. The van der Waals surface area contributed by atoms with E-state index in [1.165, 1.54) is 18.2 Å². The van der Waals surface area contributed by atoms with Gasteiger partial charge in [0.15, 0.2) is 0 Å². The van der Waals surface area contributed by atoms with Crippen LogP contribution in [0.3, 0.4) is 0 Å². The molecule has 1 aromatic rings. The van der Waals surface area contributed by atoms with Gasteiger partial charge in [-0.1, -0.05) is 6.07 Å². The number of carbonyl (C=O) groups excluding carboxylic acids is 2. The first-order valence-corrected chi connectivity index (χ1v) is 8.91. The first kappa shape index (κ1) is 10.9. The maximum Gasteiger partial charge on any atom is 0.372 e. The Hall–Kier alpha value is -0.553. The van der Waals surface area contributed by atoms with Gasteiger partial charge < -0.3 is 4.74 Å². The predicted octanol–water partition coefficient (Wildman–Crippen LogP) is 1.86. The van der Waals surface area contributed by atoms with Crippen LogP contribution in [-0.4, -0.2) is 17.9 Å². The van der Waals surface area contributed by atoms with E-state index in [0.717, 1.165) is 0 Å². The lowest BCUT2D eigenvalue weighted by Gasteiger charge is -2.07. The first-order chi connectivity index (χ1) is 6.89. The van der Waals surface area contributed by atoms with Crippen molar-refractivity contribution in [1.29, 1.82) is 0 Å². The van der Waals surface area contributed by atoms with E-state index in [-0.39, 0.29) is 11.1 Å². The van der Waals surface area contributed by atoms with Gasteiger partial charge in [-0.05, 0) is 17.3 Å². The van der Waals surface area contributed by atoms with Gasteiger partial charge in [-0.3, -0.25) is 0 Å². The van der Waals surface area contributed by atoms with Crippen LogP contribution in [0.5, 0.6) is 0 Å². The molecule has 0 spiro atoms. The zero-order valence-corrected chi connectivity index (χ0v) is 10.4. The van der Waals surface area contributed by atoms with Crippen LogP contribution < -0.4 is 5.19 Å². The van der Waals surface area contributed by atoms with Crippen LogP contribution >= 0.6 is 33.2 Å². The van der Waals surface area contributed by atoms with Crippen LogP contribution in [0.4, 0.5) is 0 Å². The molecule has 15 heavy (non-hydrogen) atoms. The minimum absolute atomic E-state index is 0.163. The maximum atomic E-state index is 11.2. The zero-order chi connectivity index (χ0) is 11.2. The number of cyclic esters (lactones) is 2. The quantitative estimate of drug-likeness (QED) is 0.341. The van der Waals surface area contributed by atoms with Crippen molar-refractivity contribution >= 4 is 56.4 Å². The van der Waals surface area contributed by atoms with Crippen molar-refractivity contribution in [2.75, 3.05) is 0 Å². The van der Waals surface area contributed by atoms with Crippen LogP contribution in [-0.2, 0) is 4.74 Å². The lowest BCUT2D eigenvalue weighted by Crippen LogP contribution is -2.30. The molecule has 1 aromatic carbocycles. The van der Waals surface area contributed by atoms with Gasteiger partial charge in [0, 0.05) is 0 Å². The molecule has 0 atom stereocenters. The molecule has 1 heterocycles. The Labute approximate surface area is 100.0 Å². The molecule has 0 N–H and O–H groups in total. The summed E-state index contributed by atoms with van der Waals surface area (Å²) in [7, 11) is 0. The molecule has 7 heteroatoms. The number of fused-ring (bicyclic) bond motifs is 1. The third-order valence-electron chi connectivity index (χ3n) is 1.97. The number of halogens is 3. The van der Waals surface area contributed by atoms with E-state index >= 15 is 0 Å². The van der Waals surface area contributed by atoms with E-state index in [2.05, 4.69) is 4.74 Å². The van der Waals surface area contributed by atoms with E-state index < -0.39 is 17.9 Å². The van der Waals surface area contributed by atoms with E-state index in [4.69, 9.17) is 33.2 Å². The largest absolute Gasteiger partial charge is 0.386 e. The van der Waals surface area contributed by atoms with Crippen LogP contribution in [0.15, 0.2) is 18.2 Å². The smallest absolute Gasteiger partial charge is 0.372 e. The van der Waals surface area contributed by atoms with Crippen LogP contribution in [0, 0.1) is 0 Å². The molecule has 0 saturated carbocycles. The second-order valence-electron chi connectivity index (χ2n) is 2.94. The third kappa shape index (κ3) is 1.90. The molecule has 0 fully saturated rings. The molecule has 78 valence electrons. The molecule has 1 aliphatic heterocycles. The molecular formula is C8H3Cl3O3Si. The van der Waals surface area contributed by atoms with E-state index in [9.17, 15) is 9.59 Å². The van der Waals surface area contributed by atoms with E-state index in [0.29, 0.717) is 5.19 Å². The average Bonchev–Trinajstić information content (AvgIpc) is 2.41. The van der Waals surface area contributed by atoms with Gasteiger partial charge in [0.1, 0.15) is 0 Å². The molecule has 0 saturated heterocycles.